The second-order valence-electron chi connectivity index (χ2n) is 3.36. The molecular formula is C11H9N3S. The van der Waals surface area contributed by atoms with Crippen molar-refractivity contribution in [3.05, 3.63) is 41.7 Å². The van der Waals surface area contributed by atoms with Crippen molar-refractivity contribution < 1.29 is 0 Å². The minimum absolute atomic E-state index is 0.973. The van der Waals surface area contributed by atoms with Crippen LogP contribution in [0.5, 0.6) is 0 Å². The van der Waals surface area contributed by atoms with E-state index in [4.69, 9.17) is 0 Å². The Morgan fingerprint density at radius 3 is 2.87 bits per heavy atom. The zero-order valence-corrected chi connectivity index (χ0v) is 9.03. The van der Waals surface area contributed by atoms with Gasteiger partial charge >= 0.3 is 0 Å². The second kappa shape index (κ2) is 3.17. The number of fused-ring (bicyclic) bond motifs is 1. The second-order valence-corrected chi connectivity index (χ2v) is 4.57. The number of hydrogen-bond acceptors (Lipinski definition) is 3. The van der Waals surface area contributed by atoms with Crippen LogP contribution in [-0.4, -0.2) is 14.5 Å². The van der Waals surface area contributed by atoms with Crippen molar-refractivity contribution >= 4 is 22.4 Å². The molecule has 74 valence electrons. The molecule has 0 saturated carbocycles. The minimum atomic E-state index is 0.973. The largest absolute Gasteiger partial charge is 0.274 e. The Kier molecular flexibility index (Phi) is 1.82. The van der Waals surface area contributed by atoms with Crippen molar-refractivity contribution in [2.45, 2.75) is 6.92 Å². The molecule has 1 aromatic carbocycles. The van der Waals surface area contributed by atoms with Crippen molar-refractivity contribution in [2.24, 2.45) is 0 Å². The molecule has 3 aromatic rings. The number of imidazole rings is 1. The highest BCUT2D eigenvalue weighted by Gasteiger charge is 2.06. The number of aromatic nitrogens is 3. The molecule has 0 aliphatic heterocycles. The maximum Gasteiger partial charge on any atom is 0.195 e. The predicted octanol–water partition coefficient (Wildman–Crippen LogP) is 2.79. The Hall–Kier alpha value is -1.68. The van der Waals surface area contributed by atoms with Gasteiger partial charge in [0, 0.05) is 11.1 Å². The molecule has 15 heavy (non-hydrogen) atoms. The lowest BCUT2D eigenvalue weighted by Gasteiger charge is -1.97. The van der Waals surface area contributed by atoms with Crippen LogP contribution in [0.2, 0.25) is 0 Å². The van der Waals surface area contributed by atoms with Crippen LogP contribution in [0.15, 0.2) is 36.8 Å². The highest BCUT2D eigenvalue weighted by Crippen LogP contribution is 2.21. The molecule has 0 aliphatic carbocycles. The summed E-state index contributed by atoms with van der Waals surface area (Å²) >= 11 is 1.67. The van der Waals surface area contributed by atoms with E-state index < -0.39 is 0 Å². The van der Waals surface area contributed by atoms with E-state index in [0.29, 0.717) is 0 Å². The SMILES string of the molecule is Cc1cnc(-n2cnc3ccccc32)s1. The molecular weight excluding hydrogens is 206 g/mol. The smallest absolute Gasteiger partial charge is 0.195 e. The van der Waals surface area contributed by atoms with Gasteiger partial charge in [-0.25, -0.2) is 9.97 Å². The average molecular weight is 215 g/mol. The molecule has 0 spiro atoms. The zero-order valence-electron chi connectivity index (χ0n) is 8.21. The lowest BCUT2D eigenvalue weighted by Crippen LogP contribution is -1.89. The first-order chi connectivity index (χ1) is 7.34. The van der Waals surface area contributed by atoms with Crippen LogP contribution >= 0.6 is 11.3 Å². The fourth-order valence-electron chi connectivity index (χ4n) is 1.57. The first kappa shape index (κ1) is 8.61. The normalized spacial score (nSPS) is 11.0. The van der Waals surface area contributed by atoms with Crippen molar-refractivity contribution in [3.8, 4) is 5.13 Å². The van der Waals surface area contributed by atoms with Crippen LogP contribution in [0.1, 0.15) is 4.88 Å². The van der Waals surface area contributed by atoms with Crippen LogP contribution < -0.4 is 0 Å². The Balaban J connectivity index is 2.27. The number of thiazole rings is 1. The summed E-state index contributed by atoms with van der Waals surface area (Å²) in [6.07, 6.45) is 3.71. The molecule has 0 unspecified atom stereocenters. The summed E-state index contributed by atoms with van der Waals surface area (Å²) in [4.78, 5) is 9.89. The van der Waals surface area contributed by atoms with Crippen LogP contribution in [0, 0.1) is 6.92 Å². The van der Waals surface area contributed by atoms with Crippen molar-refractivity contribution in [1.29, 1.82) is 0 Å². The lowest BCUT2D eigenvalue weighted by atomic mass is 10.3. The molecule has 0 fully saturated rings. The number of aryl methyl sites for hydroxylation is 1. The molecule has 0 radical (unpaired) electrons. The van der Waals surface area contributed by atoms with Crippen LogP contribution in [-0.2, 0) is 0 Å². The maximum atomic E-state index is 4.35. The Bertz CT molecular complexity index is 609. The summed E-state index contributed by atoms with van der Waals surface area (Å²) in [5, 5.41) is 0.973. The van der Waals surface area contributed by atoms with Crippen molar-refractivity contribution in [3.63, 3.8) is 0 Å². The summed E-state index contributed by atoms with van der Waals surface area (Å²) in [5.41, 5.74) is 2.11. The van der Waals surface area contributed by atoms with Gasteiger partial charge in [-0.15, -0.1) is 11.3 Å². The van der Waals surface area contributed by atoms with Gasteiger partial charge in [-0.2, -0.15) is 0 Å². The first-order valence-electron chi connectivity index (χ1n) is 4.69. The van der Waals surface area contributed by atoms with Crippen molar-refractivity contribution in [1.82, 2.24) is 14.5 Å². The molecule has 0 bridgehead atoms. The standard InChI is InChI=1S/C11H9N3S/c1-8-6-12-11(15-8)14-7-13-9-4-2-3-5-10(9)14/h2-7H,1H3. The molecule has 0 saturated heterocycles. The van der Waals surface area contributed by atoms with E-state index in [-0.39, 0.29) is 0 Å². The molecule has 3 nitrogen and oxygen atoms in total. The molecule has 4 heteroatoms. The van der Waals surface area contributed by atoms with E-state index in [1.807, 2.05) is 35.3 Å². The van der Waals surface area contributed by atoms with Gasteiger partial charge in [0.05, 0.1) is 11.0 Å². The highest BCUT2D eigenvalue weighted by atomic mass is 32.1. The molecule has 2 heterocycles. The van der Waals surface area contributed by atoms with Gasteiger partial charge in [0.15, 0.2) is 5.13 Å². The topological polar surface area (TPSA) is 30.7 Å². The van der Waals surface area contributed by atoms with E-state index in [1.54, 1.807) is 11.3 Å². The van der Waals surface area contributed by atoms with E-state index in [0.717, 1.165) is 16.2 Å². The van der Waals surface area contributed by atoms with E-state index in [9.17, 15) is 0 Å². The predicted molar refractivity (Wildman–Crippen MR) is 61.5 cm³/mol. The fraction of sp³-hybridized carbons (Fsp3) is 0.0909. The number of para-hydroxylation sites is 2. The van der Waals surface area contributed by atoms with Gasteiger partial charge in [-0.1, -0.05) is 12.1 Å². The first-order valence-corrected chi connectivity index (χ1v) is 5.51. The maximum absolute atomic E-state index is 4.35. The quantitative estimate of drug-likeness (QED) is 0.625. The molecule has 3 rings (SSSR count). The van der Waals surface area contributed by atoms with Crippen LogP contribution in [0.25, 0.3) is 16.2 Å². The molecule has 2 aromatic heterocycles. The third-order valence-electron chi connectivity index (χ3n) is 2.27. The summed E-state index contributed by atoms with van der Waals surface area (Å²) in [6, 6.07) is 8.07. The van der Waals surface area contributed by atoms with E-state index in [1.165, 1.54) is 4.88 Å². The molecule has 0 amide bonds. The third-order valence-corrected chi connectivity index (χ3v) is 3.18. The van der Waals surface area contributed by atoms with Gasteiger partial charge in [0.1, 0.15) is 6.33 Å². The lowest BCUT2D eigenvalue weighted by molar-refractivity contribution is 1.06. The summed E-state index contributed by atoms with van der Waals surface area (Å²) in [7, 11) is 0. The summed E-state index contributed by atoms with van der Waals surface area (Å²) < 4.78 is 2.02. The Morgan fingerprint density at radius 2 is 2.07 bits per heavy atom. The monoisotopic (exact) mass is 215 g/mol. The molecule has 0 N–H and O–H groups in total. The summed E-state index contributed by atoms with van der Waals surface area (Å²) in [5.74, 6) is 0. The van der Waals surface area contributed by atoms with E-state index in [2.05, 4.69) is 23.0 Å². The van der Waals surface area contributed by atoms with Crippen molar-refractivity contribution in [2.75, 3.05) is 0 Å². The zero-order chi connectivity index (χ0) is 10.3. The third kappa shape index (κ3) is 1.34. The number of benzene rings is 1. The van der Waals surface area contributed by atoms with Gasteiger partial charge in [-0.3, -0.25) is 4.57 Å². The van der Waals surface area contributed by atoms with Gasteiger partial charge in [-0.05, 0) is 19.1 Å². The average Bonchev–Trinajstić information content (AvgIpc) is 2.83. The van der Waals surface area contributed by atoms with Gasteiger partial charge in [0.2, 0.25) is 0 Å². The van der Waals surface area contributed by atoms with Crippen LogP contribution in [0.3, 0.4) is 0 Å². The number of rotatable bonds is 1. The molecule has 0 atom stereocenters. The van der Waals surface area contributed by atoms with Gasteiger partial charge in [0.25, 0.3) is 0 Å². The minimum Gasteiger partial charge on any atom is -0.274 e. The Morgan fingerprint density at radius 1 is 1.20 bits per heavy atom. The fourth-order valence-corrected chi connectivity index (χ4v) is 2.31. The number of nitrogens with zero attached hydrogens (tertiary/aromatic N) is 3. The Labute approximate surface area is 91.0 Å². The highest BCUT2D eigenvalue weighted by molar-refractivity contribution is 7.14. The number of hydrogen-bond donors (Lipinski definition) is 0. The molecule has 0 aliphatic rings. The van der Waals surface area contributed by atoms with Crippen LogP contribution in [0.4, 0.5) is 0 Å². The summed E-state index contributed by atoms with van der Waals surface area (Å²) in [6.45, 7) is 2.06. The van der Waals surface area contributed by atoms with Gasteiger partial charge < -0.3 is 0 Å². The van der Waals surface area contributed by atoms with E-state index >= 15 is 0 Å².